The van der Waals surface area contributed by atoms with Crippen molar-refractivity contribution < 1.29 is 14.7 Å². The Balaban J connectivity index is 2.63. The van der Waals surface area contributed by atoms with E-state index in [0.29, 0.717) is 6.54 Å². The summed E-state index contributed by atoms with van der Waals surface area (Å²) in [5.41, 5.74) is -1.23. The first-order valence-corrected chi connectivity index (χ1v) is 6.21. The Morgan fingerprint density at radius 2 is 2.06 bits per heavy atom. The number of carboxylic acids is 1. The number of likely N-dealkylation sites (tertiary alicyclic amines) is 1. The van der Waals surface area contributed by atoms with Crippen LogP contribution in [0.1, 0.15) is 26.7 Å². The lowest BCUT2D eigenvalue weighted by Crippen LogP contribution is -2.56. The van der Waals surface area contributed by atoms with Crippen molar-refractivity contribution in [1.82, 2.24) is 15.1 Å². The maximum atomic E-state index is 12.1. The predicted octanol–water partition coefficient (Wildman–Crippen LogP) is 0.585. The van der Waals surface area contributed by atoms with E-state index in [1.165, 1.54) is 13.8 Å². The molecule has 104 valence electrons. The first kappa shape index (κ1) is 14.8. The van der Waals surface area contributed by atoms with E-state index in [1.54, 1.807) is 4.90 Å². The van der Waals surface area contributed by atoms with E-state index in [1.807, 2.05) is 19.0 Å². The average Bonchev–Trinajstić information content (AvgIpc) is 2.63. The Labute approximate surface area is 108 Å². The second kappa shape index (κ2) is 5.56. The molecule has 0 radical (unpaired) electrons. The lowest BCUT2D eigenvalue weighted by atomic mass is 10.1. The molecule has 0 aromatic rings. The molecule has 1 aliphatic heterocycles. The molecule has 1 rings (SSSR count). The largest absolute Gasteiger partial charge is 0.480 e. The smallest absolute Gasteiger partial charge is 0.328 e. The van der Waals surface area contributed by atoms with Crippen LogP contribution in [0.4, 0.5) is 4.79 Å². The molecular formula is C12H23N3O3. The lowest BCUT2D eigenvalue weighted by molar-refractivity contribution is -0.143. The predicted molar refractivity (Wildman–Crippen MR) is 68.5 cm³/mol. The van der Waals surface area contributed by atoms with E-state index < -0.39 is 11.5 Å². The molecule has 0 aliphatic carbocycles. The van der Waals surface area contributed by atoms with E-state index in [9.17, 15) is 9.59 Å². The van der Waals surface area contributed by atoms with Gasteiger partial charge in [-0.2, -0.15) is 0 Å². The number of carboxylic acid groups (broad SMARTS) is 1. The Bertz CT molecular complexity index is 329. The number of nitrogens with one attached hydrogen (secondary N) is 1. The molecule has 1 aliphatic rings. The SMILES string of the molecule is CN(C)CC1CCCN1C(=O)NC(C)(C)C(=O)O. The van der Waals surface area contributed by atoms with E-state index in [4.69, 9.17) is 5.11 Å². The number of rotatable bonds is 4. The molecule has 1 unspecified atom stereocenters. The highest BCUT2D eigenvalue weighted by Gasteiger charge is 2.35. The molecule has 0 spiro atoms. The van der Waals surface area contributed by atoms with Gasteiger partial charge in [0.25, 0.3) is 0 Å². The number of carbonyl (C=O) groups is 2. The number of aliphatic carboxylic acids is 1. The third-order valence-electron chi connectivity index (χ3n) is 3.17. The highest BCUT2D eigenvalue weighted by atomic mass is 16.4. The van der Waals surface area contributed by atoms with Gasteiger partial charge in [0, 0.05) is 19.1 Å². The van der Waals surface area contributed by atoms with Crippen molar-refractivity contribution in [2.24, 2.45) is 0 Å². The summed E-state index contributed by atoms with van der Waals surface area (Å²) in [4.78, 5) is 26.9. The topological polar surface area (TPSA) is 72.9 Å². The van der Waals surface area contributed by atoms with Gasteiger partial charge >= 0.3 is 12.0 Å². The fourth-order valence-corrected chi connectivity index (χ4v) is 2.11. The van der Waals surface area contributed by atoms with E-state index in [0.717, 1.165) is 19.4 Å². The quantitative estimate of drug-likeness (QED) is 0.773. The summed E-state index contributed by atoms with van der Waals surface area (Å²) in [6.07, 6.45) is 1.94. The van der Waals surface area contributed by atoms with Crippen LogP contribution >= 0.6 is 0 Å². The van der Waals surface area contributed by atoms with Crippen LogP contribution in [-0.2, 0) is 4.79 Å². The van der Waals surface area contributed by atoms with Gasteiger partial charge in [-0.15, -0.1) is 0 Å². The van der Waals surface area contributed by atoms with E-state index >= 15 is 0 Å². The number of carbonyl (C=O) groups excluding carboxylic acids is 1. The van der Waals surface area contributed by atoms with Crippen LogP contribution < -0.4 is 5.32 Å². The van der Waals surface area contributed by atoms with Crippen LogP contribution in [0.15, 0.2) is 0 Å². The summed E-state index contributed by atoms with van der Waals surface area (Å²) < 4.78 is 0. The number of amides is 2. The molecule has 2 N–H and O–H groups in total. The molecular weight excluding hydrogens is 234 g/mol. The molecule has 1 saturated heterocycles. The monoisotopic (exact) mass is 257 g/mol. The molecule has 0 aromatic carbocycles. The molecule has 18 heavy (non-hydrogen) atoms. The second-order valence-electron chi connectivity index (χ2n) is 5.61. The summed E-state index contributed by atoms with van der Waals surface area (Å²) in [6.45, 7) is 4.48. The third-order valence-corrected chi connectivity index (χ3v) is 3.17. The van der Waals surface area contributed by atoms with Crippen molar-refractivity contribution in [3.05, 3.63) is 0 Å². The number of nitrogens with zero attached hydrogens (tertiary/aromatic N) is 2. The van der Waals surface area contributed by atoms with Gasteiger partial charge in [-0.3, -0.25) is 0 Å². The van der Waals surface area contributed by atoms with Crippen molar-refractivity contribution in [3.8, 4) is 0 Å². The molecule has 2 amide bonds. The third kappa shape index (κ3) is 3.60. The summed E-state index contributed by atoms with van der Waals surface area (Å²) in [5, 5.41) is 11.6. The van der Waals surface area contributed by atoms with Gasteiger partial charge in [-0.25, -0.2) is 9.59 Å². The highest BCUT2D eigenvalue weighted by Crippen LogP contribution is 2.18. The second-order valence-corrected chi connectivity index (χ2v) is 5.61. The van der Waals surface area contributed by atoms with Crippen molar-refractivity contribution in [1.29, 1.82) is 0 Å². The first-order chi connectivity index (χ1) is 8.24. The Hall–Kier alpha value is -1.30. The summed E-state index contributed by atoms with van der Waals surface area (Å²) in [5.74, 6) is -1.03. The van der Waals surface area contributed by atoms with E-state index in [2.05, 4.69) is 5.32 Å². The zero-order valence-corrected chi connectivity index (χ0v) is 11.6. The summed E-state index contributed by atoms with van der Waals surface area (Å²) >= 11 is 0. The fourth-order valence-electron chi connectivity index (χ4n) is 2.11. The molecule has 6 nitrogen and oxygen atoms in total. The highest BCUT2D eigenvalue weighted by molar-refractivity contribution is 5.85. The van der Waals surface area contributed by atoms with Crippen LogP contribution in [0.3, 0.4) is 0 Å². The fraction of sp³-hybridized carbons (Fsp3) is 0.833. The summed E-state index contributed by atoms with van der Waals surface area (Å²) in [7, 11) is 3.94. The van der Waals surface area contributed by atoms with Crippen molar-refractivity contribution >= 4 is 12.0 Å². The molecule has 1 fully saturated rings. The van der Waals surface area contributed by atoms with Gasteiger partial charge in [0.2, 0.25) is 0 Å². The zero-order chi connectivity index (χ0) is 13.9. The molecule has 1 atom stereocenters. The molecule has 1 heterocycles. The normalized spacial score (nSPS) is 20.3. The lowest BCUT2D eigenvalue weighted by Gasteiger charge is -2.30. The van der Waals surface area contributed by atoms with Gasteiger partial charge in [0.05, 0.1) is 0 Å². The van der Waals surface area contributed by atoms with Crippen molar-refractivity contribution in [3.63, 3.8) is 0 Å². The Kier molecular flexibility index (Phi) is 4.56. The number of hydrogen-bond donors (Lipinski definition) is 2. The number of urea groups is 1. The van der Waals surface area contributed by atoms with Crippen LogP contribution in [0, 0.1) is 0 Å². The van der Waals surface area contributed by atoms with Crippen molar-refractivity contribution in [2.75, 3.05) is 27.2 Å². The zero-order valence-electron chi connectivity index (χ0n) is 11.6. The Morgan fingerprint density at radius 3 is 2.56 bits per heavy atom. The first-order valence-electron chi connectivity index (χ1n) is 6.21. The number of hydrogen-bond acceptors (Lipinski definition) is 3. The van der Waals surface area contributed by atoms with E-state index in [-0.39, 0.29) is 12.1 Å². The minimum Gasteiger partial charge on any atom is -0.480 e. The number of likely N-dealkylation sites (N-methyl/N-ethyl adjacent to an activating group) is 1. The minimum atomic E-state index is -1.23. The van der Waals surface area contributed by atoms with Crippen LogP contribution in [0.2, 0.25) is 0 Å². The molecule has 0 aromatic heterocycles. The van der Waals surface area contributed by atoms with Gasteiger partial charge in [-0.1, -0.05) is 0 Å². The molecule has 0 saturated carbocycles. The van der Waals surface area contributed by atoms with Crippen molar-refractivity contribution in [2.45, 2.75) is 38.3 Å². The average molecular weight is 257 g/mol. The van der Waals surface area contributed by atoms with Gasteiger partial charge in [0.15, 0.2) is 0 Å². The van der Waals surface area contributed by atoms with Gasteiger partial charge < -0.3 is 20.2 Å². The van der Waals surface area contributed by atoms with Gasteiger partial charge in [0.1, 0.15) is 5.54 Å². The maximum absolute atomic E-state index is 12.1. The standard InChI is InChI=1S/C12H23N3O3/c1-12(2,10(16)17)13-11(18)15-7-5-6-9(15)8-14(3)4/h9H,5-8H2,1-4H3,(H,13,18)(H,16,17). The van der Waals surface area contributed by atoms with Crippen LogP contribution in [0.5, 0.6) is 0 Å². The summed E-state index contributed by atoms with van der Waals surface area (Å²) in [6, 6.07) is -0.114. The van der Waals surface area contributed by atoms with Gasteiger partial charge in [-0.05, 0) is 40.8 Å². The maximum Gasteiger partial charge on any atom is 0.328 e. The molecule has 6 heteroatoms. The Morgan fingerprint density at radius 1 is 1.44 bits per heavy atom. The van der Waals surface area contributed by atoms with Crippen LogP contribution in [-0.4, -0.2) is 65.7 Å². The minimum absolute atomic E-state index is 0.171. The van der Waals surface area contributed by atoms with Crippen LogP contribution in [0.25, 0.3) is 0 Å². The molecule has 0 bridgehead atoms.